The fraction of sp³-hybridized carbons (Fsp3) is 0.400. The van der Waals surface area contributed by atoms with Gasteiger partial charge < -0.3 is 5.32 Å². The molecule has 1 amide bonds. The number of nitrogens with zero attached hydrogens (tertiary/aromatic N) is 1. The number of carbonyl (C=O) groups excluding carboxylic acids is 1. The molecule has 1 N–H and O–H groups in total. The van der Waals surface area contributed by atoms with E-state index in [1.165, 1.54) is 0 Å². The second-order valence-corrected chi connectivity index (χ2v) is 4.48. The van der Waals surface area contributed by atoms with Crippen molar-refractivity contribution in [3.8, 4) is 0 Å². The number of hydrogen-bond acceptors (Lipinski definition) is 2. The molecule has 0 aliphatic carbocycles. The van der Waals surface area contributed by atoms with Crippen molar-refractivity contribution < 1.29 is 4.79 Å². The molecule has 0 fully saturated rings. The molecule has 5 heteroatoms. The van der Waals surface area contributed by atoms with Crippen LogP contribution >= 0.6 is 23.2 Å². The Bertz CT molecular complexity index is 366. The molecule has 0 radical (unpaired) electrons. The van der Waals surface area contributed by atoms with Gasteiger partial charge in [-0.25, -0.2) is 4.98 Å². The maximum Gasteiger partial charge on any atom is 0.232 e. The zero-order chi connectivity index (χ0) is 11.5. The maximum absolute atomic E-state index is 11.7. The highest BCUT2D eigenvalue weighted by Crippen LogP contribution is 2.22. The summed E-state index contributed by atoms with van der Waals surface area (Å²) in [6.45, 7) is 3.51. The summed E-state index contributed by atoms with van der Waals surface area (Å²) in [6, 6.07) is 3.36. The molecular formula is C10H12Cl2N2O. The summed E-state index contributed by atoms with van der Waals surface area (Å²) < 4.78 is 0. The molecule has 0 atom stereocenters. The number of anilines is 1. The molecule has 0 aliphatic rings. The third-order valence-electron chi connectivity index (χ3n) is 1.94. The van der Waals surface area contributed by atoms with E-state index in [4.69, 9.17) is 23.2 Å². The van der Waals surface area contributed by atoms with Gasteiger partial charge >= 0.3 is 0 Å². The average molecular weight is 247 g/mol. The van der Waals surface area contributed by atoms with E-state index >= 15 is 0 Å². The Labute approximate surface area is 98.8 Å². The minimum Gasteiger partial charge on any atom is -0.309 e. The number of halogens is 2. The molecule has 3 nitrogen and oxygen atoms in total. The Hall–Kier alpha value is -0.800. The molecule has 0 aromatic carbocycles. The summed E-state index contributed by atoms with van der Waals surface area (Å²) in [6.07, 6.45) is 1.56. The molecule has 0 saturated carbocycles. The van der Waals surface area contributed by atoms with Crippen LogP contribution in [0.4, 0.5) is 5.82 Å². The van der Waals surface area contributed by atoms with Crippen molar-refractivity contribution in [3.05, 3.63) is 23.4 Å². The predicted octanol–water partition coefficient (Wildman–Crippen LogP) is 2.94. The molecule has 1 aromatic rings. The van der Waals surface area contributed by atoms with E-state index in [1.807, 2.05) is 0 Å². The lowest BCUT2D eigenvalue weighted by Crippen LogP contribution is -2.32. The third-order valence-corrected chi connectivity index (χ3v) is 2.91. The van der Waals surface area contributed by atoms with Crippen LogP contribution in [0.25, 0.3) is 0 Å². The lowest BCUT2D eigenvalue weighted by atomic mass is 9.95. The van der Waals surface area contributed by atoms with Gasteiger partial charge in [0.05, 0.1) is 10.4 Å². The number of aromatic nitrogens is 1. The number of hydrogen-bond donors (Lipinski definition) is 1. The fourth-order valence-corrected chi connectivity index (χ4v) is 1.11. The first-order valence-corrected chi connectivity index (χ1v) is 5.36. The quantitative estimate of drug-likeness (QED) is 0.834. The van der Waals surface area contributed by atoms with Crippen LogP contribution < -0.4 is 5.32 Å². The van der Waals surface area contributed by atoms with Gasteiger partial charge in [-0.15, -0.1) is 11.6 Å². The van der Waals surface area contributed by atoms with Crippen LogP contribution in [0.15, 0.2) is 18.3 Å². The van der Waals surface area contributed by atoms with Crippen molar-refractivity contribution in [1.82, 2.24) is 4.98 Å². The summed E-state index contributed by atoms with van der Waals surface area (Å²) in [4.78, 5) is 15.7. The van der Waals surface area contributed by atoms with Gasteiger partial charge in [0.15, 0.2) is 5.82 Å². The van der Waals surface area contributed by atoms with Crippen LogP contribution in [0.2, 0.25) is 5.02 Å². The van der Waals surface area contributed by atoms with Crippen molar-refractivity contribution in [1.29, 1.82) is 0 Å². The highest BCUT2D eigenvalue weighted by atomic mass is 35.5. The normalized spacial score (nSPS) is 11.2. The Morgan fingerprint density at radius 1 is 1.60 bits per heavy atom. The summed E-state index contributed by atoms with van der Waals surface area (Å²) in [7, 11) is 0. The van der Waals surface area contributed by atoms with Crippen LogP contribution in [0.3, 0.4) is 0 Å². The minimum atomic E-state index is -0.637. The van der Waals surface area contributed by atoms with Crippen LogP contribution in [0, 0.1) is 5.41 Å². The van der Waals surface area contributed by atoms with Gasteiger partial charge in [-0.3, -0.25) is 4.79 Å². The molecule has 0 unspecified atom stereocenters. The molecule has 15 heavy (non-hydrogen) atoms. The molecule has 0 saturated heterocycles. The highest BCUT2D eigenvalue weighted by Gasteiger charge is 2.27. The Kier molecular flexibility index (Phi) is 3.94. The van der Waals surface area contributed by atoms with Gasteiger partial charge in [0.1, 0.15) is 0 Å². The third kappa shape index (κ3) is 3.08. The number of nitrogens with one attached hydrogen (secondary N) is 1. The van der Waals surface area contributed by atoms with Gasteiger partial charge in [-0.1, -0.05) is 11.6 Å². The molecule has 1 aromatic heterocycles. The zero-order valence-electron chi connectivity index (χ0n) is 8.55. The minimum absolute atomic E-state index is 0.196. The lowest BCUT2D eigenvalue weighted by Gasteiger charge is -2.20. The molecule has 1 heterocycles. The van der Waals surface area contributed by atoms with Gasteiger partial charge in [-0.05, 0) is 26.0 Å². The van der Waals surface area contributed by atoms with Gasteiger partial charge in [0.25, 0.3) is 0 Å². The van der Waals surface area contributed by atoms with Crippen molar-refractivity contribution in [2.45, 2.75) is 13.8 Å². The fourth-order valence-electron chi connectivity index (χ4n) is 0.815. The molecule has 1 rings (SSSR count). The number of pyridine rings is 1. The topological polar surface area (TPSA) is 42.0 Å². The van der Waals surface area contributed by atoms with Gasteiger partial charge in [0.2, 0.25) is 5.91 Å². The number of rotatable bonds is 3. The van der Waals surface area contributed by atoms with E-state index in [1.54, 1.807) is 32.2 Å². The number of alkyl halides is 1. The Morgan fingerprint density at radius 2 is 2.27 bits per heavy atom. The summed E-state index contributed by atoms with van der Waals surface area (Å²) in [5.74, 6) is 0.406. The van der Waals surface area contributed by atoms with E-state index < -0.39 is 5.41 Å². The molecule has 0 spiro atoms. The summed E-state index contributed by atoms with van der Waals surface area (Å²) in [5.41, 5.74) is -0.637. The van der Waals surface area contributed by atoms with E-state index in [0.717, 1.165) is 0 Å². The van der Waals surface area contributed by atoms with Crippen LogP contribution in [-0.2, 0) is 4.79 Å². The highest BCUT2D eigenvalue weighted by molar-refractivity contribution is 6.33. The SMILES string of the molecule is CC(C)(CCl)C(=O)Nc1ncccc1Cl. The Morgan fingerprint density at radius 3 is 2.80 bits per heavy atom. The van der Waals surface area contributed by atoms with Crippen LogP contribution in [-0.4, -0.2) is 16.8 Å². The van der Waals surface area contributed by atoms with Gasteiger partial charge in [-0.2, -0.15) is 0 Å². The molecule has 0 aliphatic heterocycles. The van der Waals surface area contributed by atoms with Crippen molar-refractivity contribution in [3.63, 3.8) is 0 Å². The van der Waals surface area contributed by atoms with E-state index in [2.05, 4.69) is 10.3 Å². The smallest absolute Gasteiger partial charge is 0.232 e. The predicted molar refractivity (Wildman–Crippen MR) is 62.4 cm³/mol. The lowest BCUT2D eigenvalue weighted by molar-refractivity contribution is -0.123. The number of carbonyl (C=O) groups is 1. The first-order chi connectivity index (χ1) is 6.97. The van der Waals surface area contributed by atoms with Crippen molar-refractivity contribution in [2.24, 2.45) is 5.41 Å². The number of amides is 1. The standard InChI is InChI=1S/C10H12Cl2N2O/c1-10(2,6-11)9(15)14-8-7(12)4-3-5-13-8/h3-5H,6H2,1-2H3,(H,13,14,15). The van der Waals surface area contributed by atoms with E-state index in [-0.39, 0.29) is 11.8 Å². The van der Waals surface area contributed by atoms with Crippen molar-refractivity contribution >= 4 is 34.9 Å². The van der Waals surface area contributed by atoms with E-state index in [0.29, 0.717) is 10.8 Å². The molecule has 82 valence electrons. The van der Waals surface area contributed by atoms with E-state index in [9.17, 15) is 4.79 Å². The largest absolute Gasteiger partial charge is 0.309 e. The van der Waals surface area contributed by atoms with Crippen LogP contribution in [0.5, 0.6) is 0 Å². The van der Waals surface area contributed by atoms with Crippen molar-refractivity contribution in [2.75, 3.05) is 11.2 Å². The second-order valence-electron chi connectivity index (χ2n) is 3.81. The first kappa shape index (κ1) is 12.3. The first-order valence-electron chi connectivity index (χ1n) is 4.45. The summed E-state index contributed by atoms with van der Waals surface area (Å²) in [5, 5.41) is 3.05. The van der Waals surface area contributed by atoms with Gasteiger partial charge in [0, 0.05) is 12.1 Å². The zero-order valence-corrected chi connectivity index (χ0v) is 10.1. The second kappa shape index (κ2) is 4.81. The Balaban J connectivity index is 2.80. The maximum atomic E-state index is 11.7. The van der Waals surface area contributed by atoms with Crippen LogP contribution in [0.1, 0.15) is 13.8 Å². The summed E-state index contributed by atoms with van der Waals surface area (Å²) >= 11 is 11.5. The average Bonchev–Trinajstić information content (AvgIpc) is 2.21. The molecular weight excluding hydrogens is 235 g/mol. The molecule has 0 bridgehead atoms. The monoisotopic (exact) mass is 246 g/mol.